The zero-order valence-electron chi connectivity index (χ0n) is 12.5. The maximum atomic E-state index is 12.4. The van der Waals surface area contributed by atoms with Gasteiger partial charge in [-0.05, 0) is 30.0 Å². The van der Waals surface area contributed by atoms with Gasteiger partial charge in [-0.3, -0.25) is 4.79 Å². The standard InChI is InChI=1S/C16H18ClNO2S2/c1-3-21-13-7-5-4-6-11(13)16(19)18-10-12(20-2)14-8-9-15(17)22-14/h4-9,12H,3,10H2,1-2H3,(H,18,19). The molecule has 0 saturated carbocycles. The molecule has 0 aliphatic heterocycles. The molecule has 2 aromatic rings. The van der Waals surface area contributed by atoms with E-state index in [-0.39, 0.29) is 12.0 Å². The lowest BCUT2D eigenvalue weighted by molar-refractivity contribution is 0.0835. The number of thioether (sulfide) groups is 1. The third kappa shape index (κ3) is 4.49. The molecule has 3 nitrogen and oxygen atoms in total. The Morgan fingerprint density at radius 1 is 1.36 bits per heavy atom. The van der Waals surface area contributed by atoms with Crippen LogP contribution >= 0.6 is 34.7 Å². The van der Waals surface area contributed by atoms with Gasteiger partial charge in [-0.1, -0.05) is 30.7 Å². The second-order valence-electron chi connectivity index (χ2n) is 4.51. The Balaban J connectivity index is 2.02. The smallest absolute Gasteiger partial charge is 0.252 e. The van der Waals surface area contributed by atoms with Crippen LogP contribution in [-0.2, 0) is 4.74 Å². The molecule has 1 aromatic carbocycles. The minimum Gasteiger partial charge on any atom is -0.374 e. The quantitative estimate of drug-likeness (QED) is 0.736. The third-order valence-corrected chi connectivity index (χ3v) is 5.35. The number of hydrogen-bond donors (Lipinski definition) is 1. The molecular weight excluding hydrogens is 338 g/mol. The van der Waals surface area contributed by atoms with Crippen LogP contribution in [0.2, 0.25) is 4.34 Å². The largest absolute Gasteiger partial charge is 0.374 e. The summed E-state index contributed by atoms with van der Waals surface area (Å²) in [5.41, 5.74) is 0.702. The Morgan fingerprint density at radius 2 is 2.14 bits per heavy atom. The van der Waals surface area contributed by atoms with Crippen molar-refractivity contribution in [2.24, 2.45) is 0 Å². The second kappa shape index (κ2) is 8.58. The summed E-state index contributed by atoms with van der Waals surface area (Å²) in [5, 5.41) is 2.94. The normalized spacial score (nSPS) is 12.1. The molecule has 22 heavy (non-hydrogen) atoms. The maximum absolute atomic E-state index is 12.4. The number of methoxy groups -OCH3 is 1. The number of hydrogen-bond acceptors (Lipinski definition) is 4. The van der Waals surface area contributed by atoms with Gasteiger partial charge in [-0.15, -0.1) is 23.1 Å². The number of rotatable bonds is 7. The number of benzene rings is 1. The van der Waals surface area contributed by atoms with Crippen LogP contribution in [0.3, 0.4) is 0 Å². The molecule has 1 unspecified atom stereocenters. The highest BCUT2D eigenvalue weighted by atomic mass is 35.5. The van der Waals surface area contributed by atoms with E-state index in [1.54, 1.807) is 18.9 Å². The highest BCUT2D eigenvalue weighted by Gasteiger charge is 2.16. The number of halogens is 1. The fraction of sp³-hybridized carbons (Fsp3) is 0.312. The topological polar surface area (TPSA) is 38.3 Å². The average molecular weight is 356 g/mol. The molecule has 1 heterocycles. The molecule has 6 heteroatoms. The summed E-state index contributed by atoms with van der Waals surface area (Å²) < 4.78 is 6.16. The van der Waals surface area contributed by atoms with E-state index in [2.05, 4.69) is 12.2 Å². The number of thiophene rings is 1. The van der Waals surface area contributed by atoms with Crippen LogP contribution in [0.15, 0.2) is 41.3 Å². The van der Waals surface area contributed by atoms with Crippen molar-refractivity contribution in [3.63, 3.8) is 0 Å². The van der Waals surface area contributed by atoms with Gasteiger partial charge < -0.3 is 10.1 Å². The van der Waals surface area contributed by atoms with Crippen molar-refractivity contribution in [2.45, 2.75) is 17.9 Å². The highest BCUT2D eigenvalue weighted by molar-refractivity contribution is 7.99. The molecule has 0 radical (unpaired) electrons. The second-order valence-corrected chi connectivity index (χ2v) is 7.56. The van der Waals surface area contributed by atoms with E-state index in [0.717, 1.165) is 15.5 Å². The van der Waals surface area contributed by atoms with Crippen molar-refractivity contribution >= 4 is 40.6 Å². The van der Waals surface area contributed by atoms with E-state index in [4.69, 9.17) is 16.3 Å². The molecule has 0 aliphatic rings. The molecule has 0 spiro atoms. The van der Waals surface area contributed by atoms with Crippen LogP contribution in [-0.4, -0.2) is 25.3 Å². The zero-order valence-corrected chi connectivity index (χ0v) is 14.9. The van der Waals surface area contributed by atoms with Crippen LogP contribution in [0, 0.1) is 0 Å². The minimum atomic E-state index is -0.188. The molecule has 118 valence electrons. The minimum absolute atomic E-state index is 0.0822. The molecule has 2 rings (SSSR count). The maximum Gasteiger partial charge on any atom is 0.252 e. The summed E-state index contributed by atoms with van der Waals surface area (Å²) in [6, 6.07) is 11.4. The fourth-order valence-electron chi connectivity index (χ4n) is 2.02. The van der Waals surface area contributed by atoms with Crippen molar-refractivity contribution in [2.75, 3.05) is 19.4 Å². The van der Waals surface area contributed by atoms with Crippen molar-refractivity contribution in [1.29, 1.82) is 0 Å². The first-order chi connectivity index (χ1) is 10.7. The molecule has 0 fully saturated rings. The first-order valence-electron chi connectivity index (χ1n) is 6.93. The first-order valence-corrected chi connectivity index (χ1v) is 9.11. The summed E-state index contributed by atoms with van der Waals surface area (Å²) in [5.74, 6) is 0.847. The van der Waals surface area contributed by atoms with Crippen molar-refractivity contribution in [1.82, 2.24) is 5.32 Å². The molecule has 1 amide bonds. The van der Waals surface area contributed by atoms with E-state index in [0.29, 0.717) is 16.4 Å². The van der Waals surface area contributed by atoms with Crippen molar-refractivity contribution in [3.05, 3.63) is 51.2 Å². The van der Waals surface area contributed by atoms with Gasteiger partial charge in [0.2, 0.25) is 0 Å². The van der Waals surface area contributed by atoms with Crippen molar-refractivity contribution < 1.29 is 9.53 Å². The highest BCUT2D eigenvalue weighted by Crippen LogP contribution is 2.28. The monoisotopic (exact) mass is 355 g/mol. The van der Waals surface area contributed by atoms with E-state index in [1.807, 2.05) is 36.4 Å². The molecule has 1 atom stereocenters. The van der Waals surface area contributed by atoms with Gasteiger partial charge in [0.05, 0.1) is 9.90 Å². The molecular formula is C16H18ClNO2S2. The molecule has 0 bridgehead atoms. The first kappa shape index (κ1) is 17.3. The SMILES string of the molecule is CCSc1ccccc1C(=O)NCC(OC)c1ccc(Cl)s1. The lowest BCUT2D eigenvalue weighted by Crippen LogP contribution is -2.29. The fourth-order valence-corrected chi connectivity index (χ4v) is 3.96. The van der Waals surface area contributed by atoms with Gasteiger partial charge in [-0.2, -0.15) is 0 Å². The Labute approximate surface area is 144 Å². The zero-order chi connectivity index (χ0) is 15.9. The van der Waals surface area contributed by atoms with Crippen LogP contribution in [0.25, 0.3) is 0 Å². The predicted molar refractivity (Wildman–Crippen MR) is 94.3 cm³/mol. The summed E-state index contributed by atoms with van der Waals surface area (Å²) in [4.78, 5) is 14.4. The lowest BCUT2D eigenvalue weighted by atomic mass is 10.2. The van der Waals surface area contributed by atoms with Gasteiger partial charge in [0, 0.05) is 23.4 Å². The number of carbonyl (C=O) groups excluding carboxylic acids is 1. The molecule has 1 N–H and O–H groups in total. The van der Waals surface area contributed by atoms with Crippen LogP contribution in [0.1, 0.15) is 28.3 Å². The van der Waals surface area contributed by atoms with Gasteiger partial charge >= 0.3 is 0 Å². The average Bonchev–Trinajstić information content (AvgIpc) is 2.95. The predicted octanol–water partition coefficient (Wildman–Crippen LogP) is 4.63. The van der Waals surface area contributed by atoms with Gasteiger partial charge in [0.1, 0.15) is 6.10 Å². The Bertz CT molecular complexity index is 630. The van der Waals surface area contributed by atoms with E-state index in [1.165, 1.54) is 11.3 Å². The summed E-state index contributed by atoms with van der Waals surface area (Å²) in [6.45, 7) is 2.48. The summed E-state index contributed by atoms with van der Waals surface area (Å²) in [6.07, 6.45) is -0.188. The summed E-state index contributed by atoms with van der Waals surface area (Å²) >= 11 is 9.08. The third-order valence-electron chi connectivity index (χ3n) is 3.08. The van der Waals surface area contributed by atoms with E-state index in [9.17, 15) is 4.79 Å². The van der Waals surface area contributed by atoms with E-state index < -0.39 is 0 Å². The summed E-state index contributed by atoms with van der Waals surface area (Å²) in [7, 11) is 1.63. The van der Waals surface area contributed by atoms with Crippen molar-refractivity contribution in [3.8, 4) is 0 Å². The number of carbonyl (C=O) groups is 1. The van der Waals surface area contributed by atoms with Gasteiger partial charge in [-0.25, -0.2) is 0 Å². The Morgan fingerprint density at radius 3 is 2.77 bits per heavy atom. The number of nitrogens with one attached hydrogen (secondary N) is 1. The van der Waals surface area contributed by atoms with Gasteiger partial charge in [0.15, 0.2) is 0 Å². The van der Waals surface area contributed by atoms with Crippen LogP contribution in [0.5, 0.6) is 0 Å². The Hall–Kier alpha value is -1.01. The van der Waals surface area contributed by atoms with E-state index >= 15 is 0 Å². The Kier molecular flexibility index (Phi) is 6.76. The number of amides is 1. The molecule has 0 saturated heterocycles. The van der Waals surface area contributed by atoms with Crippen LogP contribution in [0.4, 0.5) is 0 Å². The number of ether oxygens (including phenoxy) is 1. The lowest BCUT2D eigenvalue weighted by Gasteiger charge is -2.15. The van der Waals surface area contributed by atoms with Crippen LogP contribution < -0.4 is 5.32 Å². The molecule has 0 aliphatic carbocycles. The van der Waals surface area contributed by atoms with Gasteiger partial charge in [0.25, 0.3) is 5.91 Å². The molecule has 1 aromatic heterocycles.